The van der Waals surface area contributed by atoms with Crippen molar-refractivity contribution in [3.05, 3.63) is 0 Å². The maximum atomic E-state index is 11.6. The second kappa shape index (κ2) is 4.64. The summed E-state index contributed by atoms with van der Waals surface area (Å²) in [6, 6.07) is 0. The third kappa shape index (κ3) is 3.22. The number of rotatable bonds is 4. The van der Waals surface area contributed by atoms with E-state index in [-0.39, 0.29) is 24.6 Å². The van der Waals surface area contributed by atoms with Crippen LogP contribution < -0.4 is 0 Å². The molecule has 0 aromatic rings. The molecule has 1 heterocycles. The Morgan fingerprint density at radius 2 is 2.27 bits per heavy atom. The number of cyclic esters (lactones) is 1. The smallest absolute Gasteiger partial charge is 0.311 e. The Kier molecular flexibility index (Phi) is 3.72. The molecule has 86 valence electrons. The van der Waals surface area contributed by atoms with Gasteiger partial charge in [0.25, 0.3) is 0 Å². The summed E-state index contributed by atoms with van der Waals surface area (Å²) < 4.78 is 10.1. The molecule has 15 heavy (non-hydrogen) atoms. The van der Waals surface area contributed by atoms with E-state index >= 15 is 0 Å². The number of carbonyl (C=O) groups excluding carboxylic acids is 2. The summed E-state index contributed by atoms with van der Waals surface area (Å²) in [6.07, 6.45) is 1.57. The molecule has 0 bridgehead atoms. The number of hydrogen-bond acceptors (Lipinski definition) is 4. The average molecular weight is 214 g/mol. The minimum atomic E-state index is -0.456. The summed E-state index contributed by atoms with van der Waals surface area (Å²) in [6.45, 7) is 5.82. The SMILES string of the molecule is CCC(C)(C)C(=O)OCC1CCC(=O)O1. The van der Waals surface area contributed by atoms with Crippen LogP contribution in [0, 0.1) is 5.41 Å². The zero-order valence-electron chi connectivity index (χ0n) is 9.54. The van der Waals surface area contributed by atoms with Gasteiger partial charge >= 0.3 is 11.9 Å². The minimum absolute atomic E-state index is 0.188. The molecule has 0 radical (unpaired) electrons. The van der Waals surface area contributed by atoms with Crippen molar-refractivity contribution in [1.82, 2.24) is 0 Å². The molecule has 1 fully saturated rings. The predicted molar refractivity (Wildman–Crippen MR) is 54.1 cm³/mol. The van der Waals surface area contributed by atoms with Crippen LogP contribution in [-0.2, 0) is 19.1 Å². The number of esters is 2. The fourth-order valence-corrected chi connectivity index (χ4v) is 1.21. The van der Waals surface area contributed by atoms with E-state index < -0.39 is 5.41 Å². The van der Waals surface area contributed by atoms with E-state index in [2.05, 4.69) is 0 Å². The van der Waals surface area contributed by atoms with Gasteiger partial charge in [0.15, 0.2) is 0 Å². The van der Waals surface area contributed by atoms with Crippen LogP contribution in [0.1, 0.15) is 40.0 Å². The van der Waals surface area contributed by atoms with E-state index in [0.29, 0.717) is 12.8 Å². The molecular weight excluding hydrogens is 196 g/mol. The first kappa shape index (κ1) is 12.0. The van der Waals surface area contributed by atoms with Gasteiger partial charge in [0, 0.05) is 6.42 Å². The van der Waals surface area contributed by atoms with Crippen molar-refractivity contribution in [3.8, 4) is 0 Å². The van der Waals surface area contributed by atoms with E-state index in [1.54, 1.807) is 0 Å². The Morgan fingerprint density at radius 1 is 1.60 bits per heavy atom. The summed E-state index contributed by atoms with van der Waals surface area (Å²) >= 11 is 0. The quantitative estimate of drug-likeness (QED) is 0.668. The van der Waals surface area contributed by atoms with Gasteiger partial charge in [-0.05, 0) is 26.7 Å². The highest BCUT2D eigenvalue weighted by molar-refractivity contribution is 5.76. The largest absolute Gasteiger partial charge is 0.461 e. The van der Waals surface area contributed by atoms with Gasteiger partial charge in [0.1, 0.15) is 12.7 Å². The summed E-state index contributed by atoms with van der Waals surface area (Å²) in [5, 5.41) is 0. The van der Waals surface area contributed by atoms with E-state index in [1.165, 1.54) is 0 Å². The highest BCUT2D eigenvalue weighted by Crippen LogP contribution is 2.22. The zero-order valence-corrected chi connectivity index (χ0v) is 9.54. The molecule has 0 aliphatic carbocycles. The maximum absolute atomic E-state index is 11.6. The highest BCUT2D eigenvalue weighted by atomic mass is 16.6. The van der Waals surface area contributed by atoms with Crippen LogP contribution >= 0.6 is 0 Å². The van der Waals surface area contributed by atoms with Crippen LogP contribution in [0.3, 0.4) is 0 Å². The standard InChI is InChI=1S/C11H18O4/c1-4-11(2,3)10(13)14-7-8-5-6-9(12)15-8/h8H,4-7H2,1-3H3. The van der Waals surface area contributed by atoms with Crippen molar-refractivity contribution in [2.75, 3.05) is 6.61 Å². The maximum Gasteiger partial charge on any atom is 0.311 e. The lowest BCUT2D eigenvalue weighted by Crippen LogP contribution is -2.29. The zero-order chi connectivity index (χ0) is 11.5. The highest BCUT2D eigenvalue weighted by Gasteiger charge is 2.30. The van der Waals surface area contributed by atoms with E-state index in [1.807, 2.05) is 20.8 Å². The van der Waals surface area contributed by atoms with Crippen molar-refractivity contribution in [1.29, 1.82) is 0 Å². The molecule has 0 N–H and O–H groups in total. The molecule has 0 aromatic carbocycles. The first-order valence-electron chi connectivity index (χ1n) is 5.32. The van der Waals surface area contributed by atoms with E-state index in [0.717, 1.165) is 6.42 Å². The minimum Gasteiger partial charge on any atom is -0.461 e. The Bertz CT molecular complexity index is 257. The van der Waals surface area contributed by atoms with Crippen molar-refractivity contribution in [2.24, 2.45) is 5.41 Å². The Hall–Kier alpha value is -1.06. The molecule has 0 aromatic heterocycles. The molecule has 1 aliphatic heterocycles. The first-order chi connectivity index (χ1) is 6.95. The topological polar surface area (TPSA) is 52.6 Å². The molecule has 1 unspecified atom stereocenters. The molecule has 4 nitrogen and oxygen atoms in total. The van der Waals surface area contributed by atoms with Crippen molar-refractivity contribution < 1.29 is 19.1 Å². The normalized spacial score (nSPS) is 21.3. The molecule has 0 saturated carbocycles. The van der Waals surface area contributed by atoms with Gasteiger partial charge in [-0.1, -0.05) is 6.92 Å². The van der Waals surface area contributed by atoms with Crippen LogP contribution in [0.5, 0.6) is 0 Å². The molecule has 0 spiro atoms. The molecule has 1 saturated heterocycles. The second-order valence-corrected chi connectivity index (χ2v) is 4.49. The molecule has 4 heteroatoms. The summed E-state index contributed by atoms with van der Waals surface area (Å²) in [5.41, 5.74) is -0.456. The Labute approximate surface area is 89.9 Å². The molecule has 1 aliphatic rings. The van der Waals surface area contributed by atoms with Crippen LogP contribution in [0.4, 0.5) is 0 Å². The van der Waals surface area contributed by atoms with E-state index in [4.69, 9.17) is 9.47 Å². The van der Waals surface area contributed by atoms with Crippen LogP contribution in [0.15, 0.2) is 0 Å². The van der Waals surface area contributed by atoms with Crippen LogP contribution in [0.2, 0.25) is 0 Å². The van der Waals surface area contributed by atoms with Crippen molar-refractivity contribution in [3.63, 3.8) is 0 Å². The number of hydrogen-bond donors (Lipinski definition) is 0. The average Bonchev–Trinajstić information content (AvgIpc) is 2.60. The summed E-state index contributed by atoms with van der Waals surface area (Å²) in [7, 11) is 0. The Morgan fingerprint density at radius 3 is 2.73 bits per heavy atom. The lowest BCUT2D eigenvalue weighted by atomic mass is 9.91. The third-order valence-electron chi connectivity index (χ3n) is 2.81. The van der Waals surface area contributed by atoms with Crippen LogP contribution in [0.25, 0.3) is 0 Å². The first-order valence-corrected chi connectivity index (χ1v) is 5.32. The number of carbonyl (C=O) groups is 2. The van der Waals surface area contributed by atoms with Gasteiger partial charge in [-0.15, -0.1) is 0 Å². The van der Waals surface area contributed by atoms with Gasteiger partial charge in [0.05, 0.1) is 5.41 Å². The third-order valence-corrected chi connectivity index (χ3v) is 2.81. The van der Waals surface area contributed by atoms with Gasteiger partial charge in [0.2, 0.25) is 0 Å². The molecule has 0 amide bonds. The van der Waals surface area contributed by atoms with E-state index in [9.17, 15) is 9.59 Å². The summed E-state index contributed by atoms with van der Waals surface area (Å²) in [4.78, 5) is 22.4. The molecular formula is C11H18O4. The lowest BCUT2D eigenvalue weighted by Gasteiger charge is -2.21. The predicted octanol–water partition coefficient (Wildman–Crippen LogP) is 1.67. The van der Waals surface area contributed by atoms with Gasteiger partial charge in [-0.2, -0.15) is 0 Å². The van der Waals surface area contributed by atoms with Crippen molar-refractivity contribution in [2.45, 2.75) is 46.1 Å². The lowest BCUT2D eigenvalue weighted by molar-refractivity contribution is -0.160. The molecule has 1 atom stereocenters. The van der Waals surface area contributed by atoms with Gasteiger partial charge in [-0.25, -0.2) is 0 Å². The number of ether oxygens (including phenoxy) is 2. The van der Waals surface area contributed by atoms with Crippen molar-refractivity contribution >= 4 is 11.9 Å². The van der Waals surface area contributed by atoms with Gasteiger partial charge in [-0.3, -0.25) is 9.59 Å². The fraction of sp³-hybridized carbons (Fsp3) is 0.818. The second-order valence-electron chi connectivity index (χ2n) is 4.49. The monoisotopic (exact) mass is 214 g/mol. The fourth-order valence-electron chi connectivity index (χ4n) is 1.21. The summed E-state index contributed by atoms with van der Waals surface area (Å²) in [5.74, 6) is -0.432. The Balaban J connectivity index is 2.31. The van der Waals surface area contributed by atoms with Gasteiger partial charge < -0.3 is 9.47 Å². The molecule has 1 rings (SSSR count). The van der Waals surface area contributed by atoms with Crippen LogP contribution in [-0.4, -0.2) is 24.6 Å².